The molecular weight excluding hydrogens is 589 g/mol. The van der Waals surface area contributed by atoms with Crippen molar-refractivity contribution in [3.05, 3.63) is 95.8 Å². The molecule has 0 saturated carbocycles. The van der Waals surface area contributed by atoms with Crippen molar-refractivity contribution >= 4 is 21.8 Å². The van der Waals surface area contributed by atoms with Crippen LogP contribution in [0.5, 0.6) is 5.75 Å². The number of rotatable bonds is 12. The Morgan fingerprint density at radius 2 is 1.68 bits per heavy atom. The molecule has 0 aromatic heterocycles. The molecule has 0 unspecified atom stereocenters. The summed E-state index contributed by atoms with van der Waals surface area (Å²) >= 11 is 0. The topological polar surface area (TPSA) is 114 Å². The Hall–Kier alpha value is -3.84. The molecule has 1 N–H and O–H groups in total. The Bertz CT molecular complexity index is 1490. The lowest BCUT2D eigenvalue weighted by Gasteiger charge is -2.32. The predicted molar refractivity (Wildman–Crippen MR) is 160 cm³/mol. The fourth-order valence-corrected chi connectivity index (χ4v) is 6.61. The van der Waals surface area contributed by atoms with E-state index in [0.717, 1.165) is 12.8 Å². The Morgan fingerprint density at radius 3 is 2.34 bits per heavy atom. The summed E-state index contributed by atoms with van der Waals surface area (Å²) in [6.07, 6.45) is 1.68. The van der Waals surface area contributed by atoms with Gasteiger partial charge >= 0.3 is 0 Å². The van der Waals surface area contributed by atoms with Crippen LogP contribution in [0.15, 0.2) is 83.8 Å². The van der Waals surface area contributed by atoms with Crippen molar-refractivity contribution in [2.45, 2.75) is 36.4 Å². The molecule has 0 bridgehead atoms. The van der Waals surface area contributed by atoms with E-state index >= 15 is 0 Å². The van der Waals surface area contributed by atoms with Crippen LogP contribution in [0.25, 0.3) is 0 Å². The maximum atomic E-state index is 13.8. The molecule has 2 aliphatic rings. The van der Waals surface area contributed by atoms with Crippen LogP contribution in [0, 0.1) is 5.82 Å². The molecule has 2 atom stereocenters. The molecule has 0 spiro atoms. The van der Waals surface area contributed by atoms with E-state index in [0.29, 0.717) is 43.2 Å². The van der Waals surface area contributed by atoms with Crippen LogP contribution in [0.4, 0.5) is 4.39 Å². The first kappa shape index (κ1) is 31.6. The molecule has 0 aliphatic carbocycles. The van der Waals surface area contributed by atoms with Gasteiger partial charge in [-0.05, 0) is 60.4 Å². The number of carbonyl (C=O) groups excluding carboxylic acids is 2. The summed E-state index contributed by atoms with van der Waals surface area (Å²) < 4.78 is 57.7. The van der Waals surface area contributed by atoms with Crippen molar-refractivity contribution in [1.82, 2.24) is 14.5 Å². The van der Waals surface area contributed by atoms with E-state index in [9.17, 15) is 22.4 Å². The highest BCUT2D eigenvalue weighted by atomic mass is 32.2. The van der Waals surface area contributed by atoms with E-state index in [4.69, 9.17) is 14.2 Å². The van der Waals surface area contributed by atoms with E-state index in [1.807, 2.05) is 6.07 Å². The lowest BCUT2D eigenvalue weighted by atomic mass is 10.0. The van der Waals surface area contributed by atoms with Gasteiger partial charge in [-0.2, -0.15) is 4.31 Å². The third-order valence-corrected chi connectivity index (χ3v) is 9.50. The van der Waals surface area contributed by atoms with E-state index < -0.39 is 34.4 Å². The zero-order valence-corrected chi connectivity index (χ0v) is 25.1. The van der Waals surface area contributed by atoms with Crippen molar-refractivity contribution in [2.75, 3.05) is 46.1 Å². The molecule has 2 amide bonds. The van der Waals surface area contributed by atoms with Gasteiger partial charge < -0.3 is 24.4 Å². The van der Waals surface area contributed by atoms with Crippen molar-refractivity contribution in [1.29, 1.82) is 0 Å². The molecule has 3 aromatic rings. The van der Waals surface area contributed by atoms with Crippen molar-refractivity contribution in [3.63, 3.8) is 0 Å². The number of sulfonamides is 1. The second kappa shape index (κ2) is 14.8. The van der Waals surface area contributed by atoms with Crippen molar-refractivity contribution in [2.24, 2.45) is 0 Å². The smallest absolute Gasteiger partial charge is 0.261 e. The van der Waals surface area contributed by atoms with Gasteiger partial charge in [-0.3, -0.25) is 9.59 Å². The highest BCUT2D eigenvalue weighted by Gasteiger charge is 2.33. The second-order valence-corrected chi connectivity index (χ2v) is 12.6. The molecule has 2 saturated heterocycles. The number of hydrogen-bond donors (Lipinski definition) is 1. The normalized spacial score (nSPS) is 18.0. The third-order valence-electron chi connectivity index (χ3n) is 7.58. The fourth-order valence-electron chi connectivity index (χ4n) is 5.21. The number of nitrogens with one attached hydrogen (secondary N) is 1. The SMILES string of the molecule is O=C(NC[C@H]1CCCO1)[C@@H](c1ccccc1)N(Cc1ccc(F)cc1)C(=O)COc1ccc(S(=O)(=O)N2CCOCC2)cc1. The number of hydrogen-bond acceptors (Lipinski definition) is 7. The first-order chi connectivity index (χ1) is 21.3. The molecule has 2 heterocycles. The molecule has 0 radical (unpaired) electrons. The molecule has 3 aromatic carbocycles. The Labute approximate surface area is 256 Å². The standard InChI is InChI=1S/C32H36FN3O7S/c33-26-10-8-24(9-11-26)22-36(31(25-5-2-1-3-6-25)32(38)34-21-28-7-4-18-42-28)30(37)23-43-27-12-14-29(15-13-27)44(39,40)35-16-19-41-20-17-35/h1-3,5-6,8-15,28,31H,4,7,16-23H2,(H,34,38)/t28-,31-/m1/s1. The molecule has 5 rings (SSSR count). The largest absolute Gasteiger partial charge is 0.484 e. The third kappa shape index (κ3) is 8.00. The molecule has 12 heteroatoms. The van der Waals surface area contributed by atoms with Crippen LogP contribution in [-0.2, 0) is 35.6 Å². The van der Waals surface area contributed by atoms with E-state index in [2.05, 4.69) is 5.32 Å². The minimum absolute atomic E-state index is 0.0200. The van der Waals surface area contributed by atoms with Crippen LogP contribution >= 0.6 is 0 Å². The van der Waals surface area contributed by atoms with Crippen LogP contribution in [0.3, 0.4) is 0 Å². The average molecular weight is 626 g/mol. The molecule has 44 heavy (non-hydrogen) atoms. The van der Waals surface area contributed by atoms with Crippen LogP contribution in [0.2, 0.25) is 0 Å². The maximum Gasteiger partial charge on any atom is 0.261 e. The quantitative estimate of drug-likeness (QED) is 0.329. The van der Waals surface area contributed by atoms with E-state index in [1.54, 1.807) is 36.4 Å². The van der Waals surface area contributed by atoms with Gasteiger partial charge in [0.15, 0.2) is 6.61 Å². The molecule has 2 aliphatic heterocycles. The van der Waals surface area contributed by atoms with Gasteiger partial charge in [-0.1, -0.05) is 42.5 Å². The van der Waals surface area contributed by atoms with Gasteiger partial charge in [0.1, 0.15) is 17.6 Å². The summed E-state index contributed by atoms with van der Waals surface area (Å²) in [5, 5.41) is 2.95. The second-order valence-electron chi connectivity index (χ2n) is 10.6. The molecular formula is C32H36FN3O7S. The van der Waals surface area contributed by atoms with Crippen molar-refractivity contribution in [3.8, 4) is 5.75 Å². The first-order valence-electron chi connectivity index (χ1n) is 14.6. The average Bonchev–Trinajstić information content (AvgIpc) is 3.58. The van der Waals surface area contributed by atoms with Crippen LogP contribution in [0.1, 0.15) is 30.0 Å². The highest BCUT2D eigenvalue weighted by Crippen LogP contribution is 2.26. The monoisotopic (exact) mass is 625 g/mol. The van der Waals surface area contributed by atoms with Gasteiger partial charge in [-0.15, -0.1) is 0 Å². The number of morpholine rings is 1. The van der Waals surface area contributed by atoms with Crippen molar-refractivity contribution < 1.29 is 36.6 Å². The fraction of sp³-hybridized carbons (Fsp3) is 0.375. The van der Waals surface area contributed by atoms with Crippen LogP contribution < -0.4 is 10.1 Å². The number of ether oxygens (including phenoxy) is 3. The van der Waals surface area contributed by atoms with Gasteiger partial charge in [0.05, 0.1) is 24.2 Å². The Balaban J connectivity index is 1.34. The molecule has 2 fully saturated rings. The van der Waals surface area contributed by atoms with E-state index in [1.165, 1.54) is 45.6 Å². The van der Waals surface area contributed by atoms with Gasteiger partial charge in [0.25, 0.3) is 5.91 Å². The maximum absolute atomic E-state index is 13.8. The van der Waals surface area contributed by atoms with Crippen LogP contribution in [-0.4, -0.2) is 81.6 Å². The summed E-state index contributed by atoms with van der Waals surface area (Å²) in [6.45, 7) is 1.81. The lowest BCUT2D eigenvalue weighted by Crippen LogP contribution is -2.46. The lowest BCUT2D eigenvalue weighted by molar-refractivity contribution is -0.143. The Morgan fingerprint density at radius 1 is 0.977 bits per heavy atom. The van der Waals surface area contributed by atoms with Gasteiger partial charge in [0.2, 0.25) is 15.9 Å². The van der Waals surface area contributed by atoms with Gasteiger partial charge in [0, 0.05) is 32.8 Å². The summed E-state index contributed by atoms with van der Waals surface area (Å²) in [6, 6.07) is 19.5. The summed E-state index contributed by atoms with van der Waals surface area (Å²) in [7, 11) is -3.68. The zero-order valence-electron chi connectivity index (χ0n) is 24.3. The zero-order chi connectivity index (χ0) is 30.9. The Kier molecular flexibility index (Phi) is 10.6. The number of amides is 2. The molecule has 10 nitrogen and oxygen atoms in total. The number of nitrogens with zero attached hydrogens (tertiary/aromatic N) is 2. The number of carbonyl (C=O) groups is 2. The number of benzene rings is 3. The van der Waals surface area contributed by atoms with E-state index in [-0.39, 0.29) is 36.5 Å². The minimum Gasteiger partial charge on any atom is -0.484 e. The predicted octanol–water partition coefficient (Wildman–Crippen LogP) is 3.29. The first-order valence-corrected chi connectivity index (χ1v) is 16.0. The summed E-state index contributed by atoms with van der Waals surface area (Å²) in [4.78, 5) is 29.0. The van der Waals surface area contributed by atoms with Gasteiger partial charge in [-0.25, -0.2) is 12.8 Å². The summed E-state index contributed by atoms with van der Waals surface area (Å²) in [5.41, 5.74) is 1.23. The highest BCUT2D eigenvalue weighted by molar-refractivity contribution is 7.89. The molecule has 234 valence electrons. The summed E-state index contributed by atoms with van der Waals surface area (Å²) in [5.74, 6) is -0.983. The number of halogens is 1. The minimum atomic E-state index is -3.68.